The summed E-state index contributed by atoms with van der Waals surface area (Å²) >= 11 is 0. The summed E-state index contributed by atoms with van der Waals surface area (Å²) in [6, 6.07) is 5.42. The molecule has 1 unspecified atom stereocenters. The third kappa shape index (κ3) is 3.69. The Morgan fingerprint density at radius 1 is 1.22 bits per heavy atom. The maximum atomic E-state index is 13.3. The van der Waals surface area contributed by atoms with E-state index in [4.69, 9.17) is 4.74 Å². The van der Waals surface area contributed by atoms with E-state index in [1.54, 1.807) is 44.1 Å². The van der Waals surface area contributed by atoms with Gasteiger partial charge >= 0.3 is 0 Å². The molecule has 0 radical (unpaired) electrons. The maximum Gasteiger partial charge on any atom is 0.252 e. The SMILES string of the molecule is COc1ccc2c(c1)C(=O)N[C@@]1(CC2)CN(C(=O)C2CC(=O)N(C)C2)C[C@@H]1C(=O)N(C)C. The topological polar surface area (TPSA) is 99.3 Å². The van der Waals surface area contributed by atoms with Crippen molar-refractivity contribution < 1.29 is 23.9 Å². The van der Waals surface area contributed by atoms with Gasteiger partial charge in [0.15, 0.2) is 0 Å². The van der Waals surface area contributed by atoms with Crippen LogP contribution >= 0.6 is 0 Å². The number of amides is 4. The van der Waals surface area contributed by atoms with Crippen LogP contribution in [0.15, 0.2) is 18.2 Å². The molecular formula is C23H30N4O5. The molecule has 0 saturated carbocycles. The molecule has 1 N–H and O–H groups in total. The molecule has 0 aromatic heterocycles. The highest BCUT2D eigenvalue weighted by atomic mass is 16.5. The standard InChI is InChI=1S/C23H30N4O5/c1-25(2)22(31)18-12-27(21(30)15-9-19(28)26(3)11-15)13-23(18)8-7-14-5-6-16(32-4)10-17(14)20(29)24-23/h5-6,10,15,18H,7-9,11-13H2,1-4H3,(H,24,29)/t15?,18-,23+/m1/s1. The Hall–Kier alpha value is -3.10. The summed E-state index contributed by atoms with van der Waals surface area (Å²) in [4.78, 5) is 56.4. The van der Waals surface area contributed by atoms with Crippen molar-refractivity contribution in [2.45, 2.75) is 24.8 Å². The third-order valence-electron chi connectivity index (χ3n) is 7.05. The lowest BCUT2D eigenvalue weighted by Crippen LogP contribution is -2.57. The van der Waals surface area contributed by atoms with Crippen molar-refractivity contribution in [2.24, 2.45) is 11.8 Å². The number of carbonyl (C=O) groups is 4. The first kappa shape index (κ1) is 22.1. The number of hydrogen-bond acceptors (Lipinski definition) is 5. The van der Waals surface area contributed by atoms with Gasteiger partial charge in [-0.05, 0) is 30.5 Å². The molecule has 1 aromatic rings. The van der Waals surface area contributed by atoms with E-state index >= 15 is 0 Å². The van der Waals surface area contributed by atoms with E-state index in [1.165, 1.54) is 4.90 Å². The second kappa shape index (κ2) is 8.11. The van der Waals surface area contributed by atoms with Gasteiger partial charge in [0.25, 0.3) is 5.91 Å². The van der Waals surface area contributed by atoms with Crippen LogP contribution in [0.3, 0.4) is 0 Å². The largest absolute Gasteiger partial charge is 0.497 e. The van der Waals surface area contributed by atoms with Crippen LogP contribution in [0.2, 0.25) is 0 Å². The maximum absolute atomic E-state index is 13.3. The fraction of sp³-hybridized carbons (Fsp3) is 0.565. The van der Waals surface area contributed by atoms with Crippen molar-refractivity contribution in [2.75, 3.05) is 47.9 Å². The minimum atomic E-state index is -0.866. The van der Waals surface area contributed by atoms with E-state index in [1.807, 2.05) is 12.1 Å². The molecule has 3 aliphatic heterocycles. The molecule has 0 bridgehead atoms. The van der Waals surface area contributed by atoms with Crippen LogP contribution in [0.4, 0.5) is 0 Å². The molecule has 3 atom stereocenters. The van der Waals surface area contributed by atoms with Crippen molar-refractivity contribution in [1.29, 1.82) is 0 Å². The van der Waals surface area contributed by atoms with E-state index in [0.717, 1.165) is 5.56 Å². The summed E-state index contributed by atoms with van der Waals surface area (Å²) in [5.41, 5.74) is 0.559. The smallest absolute Gasteiger partial charge is 0.252 e. The fourth-order valence-electron chi connectivity index (χ4n) is 5.20. The normalized spacial score (nSPS) is 27.2. The number of nitrogens with one attached hydrogen (secondary N) is 1. The van der Waals surface area contributed by atoms with Crippen molar-refractivity contribution in [3.05, 3.63) is 29.3 Å². The molecule has 3 aliphatic rings. The first-order valence-corrected chi connectivity index (χ1v) is 10.9. The summed E-state index contributed by atoms with van der Waals surface area (Å²) in [6.45, 7) is 0.858. The lowest BCUT2D eigenvalue weighted by atomic mass is 9.81. The molecule has 0 aliphatic carbocycles. The third-order valence-corrected chi connectivity index (χ3v) is 7.05. The molecule has 4 amide bonds. The van der Waals surface area contributed by atoms with Gasteiger partial charge < -0.3 is 24.8 Å². The number of fused-ring (bicyclic) bond motifs is 1. The number of aryl methyl sites for hydroxylation is 1. The minimum absolute atomic E-state index is 0.0506. The van der Waals surface area contributed by atoms with Crippen LogP contribution in [-0.2, 0) is 20.8 Å². The molecule has 4 rings (SSSR count). The van der Waals surface area contributed by atoms with E-state index in [0.29, 0.717) is 30.7 Å². The number of rotatable bonds is 3. The minimum Gasteiger partial charge on any atom is -0.497 e. The predicted octanol–water partition coefficient (Wildman–Crippen LogP) is 0.135. The zero-order valence-electron chi connectivity index (χ0n) is 19.0. The average Bonchev–Trinajstić information content (AvgIpc) is 3.26. The molecule has 1 spiro atoms. The molecule has 3 heterocycles. The van der Waals surface area contributed by atoms with Gasteiger partial charge in [0.05, 0.1) is 24.5 Å². The molecule has 2 saturated heterocycles. The highest BCUT2D eigenvalue weighted by Crippen LogP contribution is 2.37. The van der Waals surface area contributed by atoms with Crippen LogP contribution in [0, 0.1) is 11.8 Å². The van der Waals surface area contributed by atoms with Gasteiger partial charge in [-0.1, -0.05) is 6.07 Å². The van der Waals surface area contributed by atoms with Crippen LogP contribution in [0.5, 0.6) is 5.75 Å². The van der Waals surface area contributed by atoms with Gasteiger partial charge in [0, 0.05) is 52.8 Å². The fourth-order valence-corrected chi connectivity index (χ4v) is 5.20. The number of likely N-dealkylation sites (tertiary alicyclic amines) is 2. The lowest BCUT2D eigenvalue weighted by molar-refractivity contribution is -0.136. The van der Waals surface area contributed by atoms with Crippen molar-refractivity contribution in [3.63, 3.8) is 0 Å². The van der Waals surface area contributed by atoms with E-state index < -0.39 is 17.4 Å². The average molecular weight is 443 g/mol. The zero-order valence-corrected chi connectivity index (χ0v) is 19.0. The second-order valence-corrected chi connectivity index (χ2v) is 9.31. The number of benzene rings is 1. The molecule has 32 heavy (non-hydrogen) atoms. The Bertz CT molecular complexity index is 977. The Morgan fingerprint density at radius 3 is 2.59 bits per heavy atom. The van der Waals surface area contributed by atoms with Crippen LogP contribution in [0.1, 0.15) is 28.8 Å². The van der Waals surface area contributed by atoms with Gasteiger partial charge in [-0.15, -0.1) is 0 Å². The molecule has 1 aromatic carbocycles. The Kier molecular flexibility index (Phi) is 5.60. The highest BCUT2D eigenvalue weighted by Gasteiger charge is 2.54. The summed E-state index contributed by atoms with van der Waals surface area (Å²) in [5.74, 6) is -0.952. The Labute approximate surface area is 187 Å². The summed E-state index contributed by atoms with van der Waals surface area (Å²) in [7, 11) is 6.61. The predicted molar refractivity (Wildman–Crippen MR) is 116 cm³/mol. The first-order chi connectivity index (χ1) is 15.1. The molecule has 2 fully saturated rings. The van der Waals surface area contributed by atoms with Gasteiger partial charge in [-0.3, -0.25) is 19.2 Å². The van der Waals surface area contributed by atoms with E-state index in [-0.39, 0.29) is 43.1 Å². The first-order valence-electron chi connectivity index (χ1n) is 10.9. The van der Waals surface area contributed by atoms with Crippen LogP contribution in [-0.4, -0.2) is 91.8 Å². The second-order valence-electron chi connectivity index (χ2n) is 9.31. The molecule has 9 nitrogen and oxygen atoms in total. The number of nitrogens with zero attached hydrogens (tertiary/aromatic N) is 3. The molecular weight excluding hydrogens is 412 g/mol. The van der Waals surface area contributed by atoms with Crippen LogP contribution < -0.4 is 10.1 Å². The molecule has 172 valence electrons. The van der Waals surface area contributed by atoms with Gasteiger partial charge in [0.1, 0.15) is 5.75 Å². The van der Waals surface area contributed by atoms with Crippen molar-refractivity contribution in [1.82, 2.24) is 20.0 Å². The van der Waals surface area contributed by atoms with Crippen LogP contribution in [0.25, 0.3) is 0 Å². The zero-order chi connectivity index (χ0) is 23.2. The Morgan fingerprint density at radius 2 is 1.97 bits per heavy atom. The van der Waals surface area contributed by atoms with Gasteiger partial charge in [-0.25, -0.2) is 0 Å². The lowest BCUT2D eigenvalue weighted by Gasteiger charge is -2.34. The monoisotopic (exact) mass is 442 g/mol. The number of ether oxygens (including phenoxy) is 1. The van der Waals surface area contributed by atoms with E-state index in [9.17, 15) is 19.2 Å². The highest BCUT2D eigenvalue weighted by molar-refractivity contribution is 5.98. The van der Waals surface area contributed by atoms with Crippen molar-refractivity contribution >= 4 is 23.6 Å². The summed E-state index contributed by atoms with van der Waals surface area (Å²) in [5, 5.41) is 3.13. The number of hydrogen-bond donors (Lipinski definition) is 1. The van der Waals surface area contributed by atoms with Gasteiger partial charge in [0.2, 0.25) is 17.7 Å². The van der Waals surface area contributed by atoms with E-state index in [2.05, 4.69) is 5.32 Å². The molecule has 9 heteroatoms. The van der Waals surface area contributed by atoms with Crippen molar-refractivity contribution in [3.8, 4) is 5.75 Å². The summed E-state index contributed by atoms with van der Waals surface area (Å²) in [6.07, 6.45) is 1.32. The number of methoxy groups -OCH3 is 1. The Balaban J connectivity index is 1.64. The summed E-state index contributed by atoms with van der Waals surface area (Å²) < 4.78 is 5.27. The quantitative estimate of drug-likeness (QED) is 0.718. The number of carbonyl (C=O) groups excluding carboxylic acids is 4. The van der Waals surface area contributed by atoms with Gasteiger partial charge in [-0.2, -0.15) is 0 Å².